The van der Waals surface area contributed by atoms with Crippen LogP contribution in [0, 0.1) is 11.6 Å². The molecular weight excluding hydrogens is 338 g/mol. The standard InChI is InChI=1S/C14H8BrClF2O/c15-11-5-4-10(14(18)13(11)16)12(19)7-8-2-1-3-9(17)6-8/h1-6H,7H2. The fraction of sp³-hybridized carbons (Fsp3) is 0.0714. The van der Waals surface area contributed by atoms with Crippen molar-refractivity contribution in [2.75, 3.05) is 0 Å². The van der Waals surface area contributed by atoms with Crippen molar-refractivity contribution in [3.8, 4) is 0 Å². The molecule has 0 aliphatic carbocycles. The largest absolute Gasteiger partial charge is 0.294 e. The highest BCUT2D eigenvalue weighted by Crippen LogP contribution is 2.28. The van der Waals surface area contributed by atoms with E-state index in [1.807, 2.05) is 0 Å². The summed E-state index contributed by atoms with van der Waals surface area (Å²) in [5.41, 5.74) is 0.390. The molecule has 0 saturated heterocycles. The zero-order valence-corrected chi connectivity index (χ0v) is 11.9. The lowest BCUT2D eigenvalue weighted by Gasteiger charge is -2.06. The number of Topliss-reactive ketones (excluding diaryl/α,β-unsaturated/α-hetero) is 1. The van der Waals surface area contributed by atoms with E-state index in [9.17, 15) is 13.6 Å². The van der Waals surface area contributed by atoms with Crippen molar-refractivity contribution in [2.45, 2.75) is 6.42 Å². The van der Waals surface area contributed by atoms with Crippen LogP contribution in [0.15, 0.2) is 40.9 Å². The van der Waals surface area contributed by atoms with Crippen molar-refractivity contribution in [3.05, 3.63) is 68.7 Å². The van der Waals surface area contributed by atoms with Crippen molar-refractivity contribution in [1.29, 1.82) is 0 Å². The fourth-order valence-electron chi connectivity index (χ4n) is 1.67. The van der Waals surface area contributed by atoms with Crippen LogP contribution in [0.5, 0.6) is 0 Å². The minimum Gasteiger partial charge on any atom is -0.294 e. The van der Waals surface area contributed by atoms with Crippen LogP contribution in [0.3, 0.4) is 0 Å². The van der Waals surface area contributed by atoms with E-state index in [0.29, 0.717) is 10.0 Å². The Bertz CT molecular complexity index is 643. The molecule has 0 atom stereocenters. The SMILES string of the molecule is O=C(Cc1cccc(F)c1)c1ccc(Br)c(Cl)c1F. The molecule has 0 bridgehead atoms. The number of hydrogen-bond acceptors (Lipinski definition) is 1. The molecule has 2 rings (SSSR count). The number of carbonyl (C=O) groups excluding carboxylic acids is 1. The maximum Gasteiger partial charge on any atom is 0.170 e. The van der Waals surface area contributed by atoms with Crippen LogP contribution in [0.25, 0.3) is 0 Å². The second-order valence-corrected chi connectivity index (χ2v) is 5.19. The van der Waals surface area contributed by atoms with Crippen LogP contribution < -0.4 is 0 Å². The van der Waals surface area contributed by atoms with E-state index in [4.69, 9.17) is 11.6 Å². The maximum atomic E-state index is 13.8. The number of halogens is 4. The molecule has 0 saturated carbocycles. The molecule has 0 heterocycles. The molecule has 98 valence electrons. The molecule has 0 radical (unpaired) electrons. The van der Waals surface area contributed by atoms with Crippen LogP contribution >= 0.6 is 27.5 Å². The number of ketones is 1. The van der Waals surface area contributed by atoms with Gasteiger partial charge in [-0.1, -0.05) is 23.7 Å². The zero-order valence-electron chi connectivity index (χ0n) is 9.59. The Labute approximate surface area is 122 Å². The van der Waals surface area contributed by atoms with E-state index in [1.165, 1.54) is 30.3 Å². The predicted octanol–water partition coefficient (Wildman–Crippen LogP) is 4.81. The highest BCUT2D eigenvalue weighted by atomic mass is 79.9. The van der Waals surface area contributed by atoms with Crippen molar-refractivity contribution in [3.63, 3.8) is 0 Å². The van der Waals surface area contributed by atoms with Gasteiger partial charge in [0.05, 0.1) is 10.6 Å². The summed E-state index contributed by atoms with van der Waals surface area (Å²) in [4.78, 5) is 12.0. The van der Waals surface area contributed by atoms with E-state index in [-0.39, 0.29) is 17.0 Å². The maximum absolute atomic E-state index is 13.8. The lowest BCUT2D eigenvalue weighted by atomic mass is 10.0. The minimum atomic E-state index is -0.766. The Balaban J connectivity index is 2.28. The summed E-state index contributed by atoms with van der Waals surface area (Å²) in [6.45, 7) is 0. The van der Waals surface area contributed by atoms with Gasteiger partial charge in [0, 0.05) is 10.9 Å². The van der Waals surface area contributed by atoms with Gasteiger partial charge in [-0.05, 0) is 45.8 Å². The molecule has 5 heteroatoms. The van der Waals surface area contributed by atoms with E-state index >= 15 is 0 Å². The average molecular weight is 346 g/mol. The third kappa shape index (κ3) is 3.19. The van der Waals surface area contributed by atoms with E-state index < -0.39 is 17.4 Å². The summed E-state index contributed by atoms with van der Waals surface area (Å²) in [5, 5.41) is -0.134. The van der Waals surface area contributed by atoms with Gasteiger partial charge in [-0.3, -0.25) is 4.79 Å². The van der Waals surface area contributed by atoms with Crippen molar-refractivity contribution in [1.82, 2.24) is 0 Å². The van der Waals surface area contributed by atoms with Gasteiger partial charge in [-0.2, -0.15) is 0 Å². The summed E-state index contributed by atoms with van der Waals surface area (Å²) < 4.78 is 27.2. The Hall–Kier alpha value is -1.26. The minimum absolute atomic E-state index is 0.0767. The summed E-state index contributed by atoms with van der Waals surface area (Å²) in [6, 6.07) is 8.50. The molecule has 0 N–H and O–H groups in total. The fourth-order valence-corrected chi connectivity index (χ4v) is 2.14. The lowest BCUT2D eigenvalue weighted by Crippen LogP contribution is -2.07. The van der Waals surface area contributed by atoms with Gasteiger partial charge in [-0.25, -0.2) is 8.78 Å². The first-order valence-corrected chi connectivity index (χ1v) is 6.57. The molecule has 2 aromatic carbocycles. The molecule has 0 aromatic heterocycles. The Morgan fingerprint density at radius 1 is 1.21 bits per heavy atom. The van der Waals surface area contributed by atoms with Crippen molar-refractivity contribution >= 4 is 33.3 Å². The van der Waals surface area contributed by atoms with Gasteiger partial charge >= 0.3 is 0 Å². The quantitative estimate of drug-likeness (QED) is 0.576. The summed E-state index contributed by atoms with van der Waals surface area (Å²) >= 11 is 8.79. The van der Waals surface area contributed by atoms with Crippen LogP contribution in [-0.2, 0) is 6.42 Å². The number of rotatable bonds is 3. The molecule has 2 aromatic rings. The smallest absolute Gasteiger partial charge is 0.170 e. The topological polar surface area (TPSA) is 17.1 Å². The molecule has 0 spiro atoms. The van der Waals surface area contributed by atoms with Gasteiger partial charge in [0.15, 0.2) is 11.6 Å². The van der Waals surface area contributed by atoms with Gasteiger partial charge in [0.2, 0.25) is 0 Å². The summed E-state index contributed by atoms with van der Waals surface area (Å²) in [6.07, 6.45) is -0.0767. The first kappa shape index (κ1) is 14.2. The third-order valence-electron chi connectivity index (χ3n) is 2.59. The number of hydrogen-bond donors (Lipinski definition) is 0. The lowest BCUT2D eigenvalue weighted by molar-refractivity contribution is 0.0989. The normalized spacial score (nSPS) is 10.5. The molecule has 0 unspecified atom stereocenters. The highest BCUT2D eigenvalue weighted by Gasteiger charge is 2.16. The number of carbonyl (C=O) groups is 1. The second-order valence-electron chi connectivity index (χ2n) is 3.95. The summed E-state index contributed by atoms with van der Waals surface area (Å²) in [5.74, 6) is -1.64. The van der Waals surface area contributed by atoms with Crippen molar-refractivity contribution in [2.24, 2.45) is 0 Å². The predicted molar refractivity (Wildman–Crippen MR) is 73.5 cm³/mol. The second kappa shape index (κ2) is 5.80. The summed E-state index contributed by atoms with van der Waals surface area (Å²) in [7, 11) is 0. The molecule has 1 nitrogen and oxygen atoms in total. The van der Waals surface area contributed by atoms with Crippen LogP contribution in [0.4, 0.5) is 8.78 Å². The van der Waals surface area contributed by atoms with Gasteiger partial charge in [0.1, 0.15) is 5.82 Å². The first-order valence-electron chi connectivity index (χ1n) is 5.40. The van der Waals surface area contributed by atoms with Gasteiger partial charge < -0.3 is 0 Å². The molecule has 0 aliphatic rings. The Morgan fingerprint density at radius 3 is 2.63 bits per heavy atom. The van der Waals surface area contributed by atoms with Crippen LogP contribution in [0.2, 0.25) is 5.02 Å². The van der Waals surface area contributed by atoms with E-state index in [1.54, 1.807) is 6.07 Å². The van der Waals surface area contributed by atoms with Crippen LogP contribution in [0.1, 0.15) is 15.9 Å². The first-order chi connectivity index (χ1) is 8.99. The highest BCUT2D eigenvalue weighted by molar-refractivity contribution is 9.10. The average Bonchev–Trinajstić information content (AvgIpc) is 2.36. The molecule has 19 heavy (non-hydrogen) atoms. The molecule has 0 amide bonds. The van der Waals surface area contributed by atoms with Crippen LogP contribution in [-0.4, -0.2) is 5.78 Å². The van der Waals surface area contributed by atoms with E-state index in [2.05, 4.69) is 15.9 Å². The third-order valence-corrected chi connectivity index (χ3v) is 3.85. The van der Waals surface area contributed by atoms with Gasteiger partial charge in [0.25, 0.3) is 0 Å². The Kier molecular flexibility index (Phi) is 4.32. The van der Waals surface area contributed by atoms with E-state index in [0.717, 1.165) is 0 Å². The zero-order chi connectivity index (χ0) is 14.0. The monoisotopic (exact) mass is 344 g/mol. The number of benzene rings is 2. The molecular formula is C14H8BrClF2O. The van der Waals surface area contributed by atoms with Gasteiger partial charge in [-0.15, -0.1) is 0 Å². The Morgan fingerprint density at radius 2 is 1.95 bits per heavy atom. The van der Waals surface area contributed by atoms with Crippen molar-refractivity contribution < 1.29 is 13.6 Å². The molecule has 0 fully saturated rings. The molecule has 0 aliphatic heterocycles.